The highest BCUT2D eigenvalue weighted by Crippen LogP contribution is 2.25. The molecule has 1 aliphatic heterocycles. The van der Waals surface area contributed by atoms with Crippen LogP contribution in [0.2, 0.25) is 0 Å². The molecule has 3 unspecified atom stereocenters. The number of hydrogen-bond donors (Lipinski definition) is 7. The molecule has 1 aromatic heterocycles. The Labute approximate surface area is 255 Å². The van der Waals surface area contributed by atoms with E-state index in [2.05, 4.69) is 10.6 Å². The summed E-state index contributed by atoms with van der Waals surface area (Å²) in [5, 5.41) is 37.1. The summed E-state index contributed by atoms with van der Waals surface area (Å²) in [5.41, 5.74) is 12.8. The zero-order valence-corrected chi connectivity index (χ0v) is 24.9. The van der Waals surface area contributed by atoms with Gasteiger partial charge >= 0.3 is 6.09 Å². The van der Waals surface area contributed by atoms with Crippen LogP contribution in [-0.2, 0) is 32.0 Å². The van der Waals surface area contributed by atoms with Gasteiger partial charge in [-0.25, -0.2) is 9.36 Å². The zero-order valence-electron chi connectivity index (χ0n) is 24.9. The van der Waals surface area contributed by atoms with E-state index in [1.54, 1.807) is 39.0 Å². The third-order valence-electron chi connectivity index (χ3n) is 7.36. The summed E-state index contributed by atoms with van der Waals surface area (Å²) in [6.45, 7) is 5.19. The number of nitrogens with two attached hydrogens (primary N) is 2. The van der Waals surface area contributed by atoms with E-state index in [9.17, 15) is 29.7 Å². The first-order valence-corrected chi connectivity index (χ1v) is 14.4. The summed E-state index contributed by atoms with van der Waals surface area (Å²) < 4.78 is 12.6. The van der Waals surface area contributed by atoms with Gasteiger partial charge in [0.05, 0.1) is 11.6 Å². The van der Waals surface area contributed by atoms with Gasteiger partial charge in [0.2, 0.25) is 11.8 Å². The molecule has 13 nitrogen and oxygen atoms in total. The first-order chi connectivity index (χ1) is 20.8. The molecule has 2 amide bonds. The Morgan fingerprint density at radius 2 is 1.64 bits per heavy atom. The van der Waals surface area contributed by atoms with E-state index in [-0.39, 0.29) is 19.5 Å². The molecular weight excluding hydrogens is 570 g/mol. The van der Waals surface area contributed by atoms with Crippen molar-refractivity contribution in [3.05, 3.63) is 71.9 Å². The molecule has 2 aromatic carbocycles. The number of carbonyl (C=O) groups excluding carboxylic acids is 3. The van der Waals surface area contributed by atoms with Crippen LogP contribution in [0.25, 0.3) is 10.9 Å². The minimum Gasteiger partial charge on any atom is -0.443 e. The van der Waals surface area contributed by atoms with E-state index < -0.39 is 66.1 Å². The topological polar surface area (TPSA) is 211 Å². The first kappa shape index (κ1) is 33.1. The molecule has 238 valence electrons. The molecule has 0 radical (unpaired) electrons. The lowest BCUT2D eigenvalue weighted by Gasteiger charge is -2.42. The van der Waals surface area contributed by atoms with Gasteiger partial charge in [0, 0.05) is 30.6 Å². The van der Waals surface area contributed by atoms with Gasteiger partial charge in [-0.05, 0) is 38.5 Å². The highest BCUT2D eigenvalue weighted by molar-refractivity contribution is 5.93. The van der Waals surface area contributed by atoms with Crippen molar-refractivity contribution in [2.45, 2.75) is 81.9 Å². The molecule has 2 heterocycles. The Kier molecular flexibility index (Phi) is 10.4. The smallest absolute Gasteiger partial charge is 0.419 e. The number of nitrogens with zero attached hydrogens (tertiary/aromatic N) is 1. The second-order valence-corrected chi connectivity index (χ2v) is 11.9. The van der Waals surface area contributed by atoms with Gasteiger partial charge in [0.25, 0.3) is 0 Å². The lowest BCUT2D eigenvalue weighted by Crippen LogP contribution is -2.66. The van der Waals surface area contributed by atoms with E-state index in [1.807, 2.05) is 42.5 Å². The number of amides is 2. The number of carbonyl (C=O) groups is 3. The van der Waals surface area contributed by atoms with Crippen LogP contribution < -0.4 is 22.1 Å². The Morgan fingerprint density at radius 3 is 2.30 bits per heavy atom. The van der Waals surface area contributed by atoms with Gasteiger partial charge < -0.3 is 46.9 Å². The Morgan fingerprint density at radius 1 is 0.977 bits per heavy atom. The van der Waals surface area contributed by atoms with Crippen LogP contribution in [0, 0.1) is 0 Å². The van der Waals surface area contributed by atoms with Crippen LogP contribution in [0.1, 0.15) is 32.0 Å². The van der Waals surface area contributed by atoms with Gasteiger partial charge in [-0.15, -0.1) is 0 Å². The Balaban J connectivity index is 1.63. The molecule has 4 rings (SSSR count). The van der Waals surface area contributed by atoms with Gasteiger partial charge in [0.15, 0.2) is 0 Å². The summed E-state index contributed by atoms with van der Waals surface area (Å²) in [6, 6.07) is 15.3. The van der Waals surface area contributed by atoms with Gasteiger partial charge in [-0.2, -0.15) is 0 Å². The number of ether oxygens (including phenoxy) is 2. The zero-order chi connectivity index (χ0) is 32.2. The number of fused-ring (bicyclic) bond motifs is 1. The number of aliphatic hydroxyl groups is 3. The summed E-state index contributed by atoms with van der Waals surface area (Å²) in [4.78, 5) is 40.4. The van der Waals surface area contributed by atoms with E-state index in [0.717, 1.165) is 10.9 Å². The van der Waals surface area contributed by atoms with E-state index >= 15 is 0 Å². The Hall–Kier alpha value is -3.85. The molecule has 13 heteroatoms. The van der Waals surface area contributed by atoms with E-state index in [4.69, 9.17) is 20.9 Å². The fourth-order valence-electron chi connectivity index (χ4n) is 5.10. The number of para-hydroxylation sites is 1. The van der Waals surface area contributed by atoms with Crippen molar-refractivity contribution >= 4 is 28.8 Å². The number of rotatable bonds is 9. The van der Waals surface area contributed by atoms with E-state index in [0.29, 0.717) is 11.2 Å². The number of hydrogen-bond acceptors (Lipinski definition) is 10. The van der Waals surface area contributed by atoms with Gasteiger partial charge in [-0.3, -0.25) is 9.59 Å². The van der Waals surface area contributed by atoms with Gasteiger partial charge in [0.1, 0.15) is 42.1 Å². The molecule has 9 N–H and O–H groups in total. The number of aromatic nitrogens is 1. The van der Waals surface area contributed by atoms with Crippen molar-refractivity contribution in [1.82, 2.24) is 15.2 Å². The molecule has 0 saturated carbocycles. The molecule has 1 saturated heterocycles. The lowest BCUT2D eigenvalue weighted by molar-refractivity contribution is -0.223. The van der Waals surface area contributed by atoms with Crippen LogP contribution in [0.3, 0.4) is 0 Å². The fourth-order valence-corrected chi connectivity index (χ4v) is 5.10. The van der Waals surface area contributed by atoms with E-state index in [1.165, 1.54) is 4.57 Å². The van der Waals surface area contributed by atoms with Crippen LogP contribution in [0.4, 0.5) is 4.79 Å². The molecule has 0 aliphatic carbocycles. The Bertz CT molecular complexity index is 1450. The SMILES string of the molecule is CC(C)(C)OC(=O)n1c(C[C@H](NC(=O)C(N)[C@@H]2OC(CN)[C@@H](O)[C@H](O)C2O)C(=O)NCc2ccccc2)cc2ccccc21. The third kappa shape index (κ3) is 7.62. The average Bonchev–Trinajstić information content (AvgIpc) is 3.36. The number of benzene rings is 2. The molecule has 0 spiro atoms. The maximum absolute atomic E-state index is 13.6. The maximum Gasteiger partial charge on any atom is 0.419 e. The summed E-state index contributed by atoms with van der Waals surface area (Å²) >= 11 is 0. The van der Waals surface area contributed by atoms with Gasteiger partial charge in [-0.1, -0.05) is 48.5 Å². The minimum atomic E-state index is -1.70. The minimum absolute atomic E-state index is 0.131. The largest absolute Gasteiger partial charge is 0.443 e. The van der Waals surface area contributed by atoms with Crippen molar-refractivity contribution in [3.63, 3.8) is 0 Å². The molecule has 44 heavy (non-hydrogen) atoms. The maximum atomic E-state index is 13.6. The summed E-state index contributed by atoms with van der Waals surface area (Å²) in [7, 11) is 0. The van der Waals surface area contributed by atoms with Crippen molar-refractivity contribution in [1.29, 1.82) is 0 Å². The van der Waals surface area contributed by atoms with Crippen LogP contribution in [0.5, 0.6) is 0 Å². The fraction of sp³-hybridized carbons (Fsp3) is 0.452. The average molecular weight is 612 g/mol. The predicted octanol–water partition coefficient (Wildman–Crippen LogP) is -0.0957. The van der Waals surface area contributed by atoms with Crippen molar-refractivity contribution in [3.8, 4) is 0 Å². The molecule has 3 aromatic rings. The third-order valence-corrected chi connectivity index (χ3v) is 7.36. The lowest BCUT2D eigenvalue weighted by atomic mass is 9.91. The molecular formula is C31H41N5O8. The molecule has 1 aliphatic rings. The summed E-state index contributed by atoms with van der Waals surface area (Å²) in [5.74, 6) is -1.43. The molecule has 7 atom stereocenters. The van der Waals surface area contributed by atoms with Crippen LogP contribution in [-0.4, -0.2) is 92.5 Å². The first-order valence-electron chi connectivity index (χ1n) is 14.4. The predicted molar refractivity (Wildman–Crippen MR) is 161 cm³/mol. The normalized spacial score (nSPS) is 23.5. The van der Waals surface area contributed by atoms with Crippen molar-refractivity contribution in [2.75, 3.05) is 6.54 Å². The molecule has 0 bridgehead atoms. The molecule has 1 fully saturated rings. The monoisotopic (exact) mass is 611 g/mol. The quantitative estimate of drug-likeness (QED) is 0.171. The number of nitrogens with one attached hydrogen (secondary N) is 2. The van der Waals surface area contributed by atoms with Crippen molar-refractivity contribution < 1.29 is 39.2 Å². The van der Waals surface area contributed by atoms with Crippen molar-refractivity contribution in [2.24, 2.45) is 11.5 Å². The van der Waals surface area contributed by atoms with Crippen LogP contribution in [0.15, 0.2) is 60.7 Å². The second-order valence-electron chi connectivity index (χ2n) is 11.9. The van der Waals surface area contributed by atoms with Crippen LogP contribution >= 0.6 is 0 Å². The number of aliphatic hydroxyl groups excluding tert-OH is 3. The highest BCUT2D eigenvalue weighted by Gasteiger charge is 2.47. The second kappa shape index (κ2) is 13.8. The summed E-state index contributed by atoms with van der Waals surface area (Å²) in [6.07, 6.45) is -8.13. The highest BCUT2D eigenvalue weighted by atomic mass is 16.6. The standard InChI is InChI=1S/C31H41N5O8/c1-31(2,3)44-30(42)36-19(13-18-11-7-8-12-21(18)36)14-20(28(40)34-16-17-9-5-4-6-10-17)35-29(41)23(33)27-26(39)25(38)24(37)22(15-32)43-27/h4-13,20,22-27,37-39H,14-16,32-33H2,1-3H3,(H,34,40)(H,35,41)/t20-,22?,23?,24+,25-,26?,27-/m0/s1.